The molecule has 0 saturated heterocycles. The molecule has 128 valence electrons. The van der Waals surface area contributed by atoms with Crippen LogP contribution in [0.25, 0.3) is 0 Å². The molecular weight excluding hydrogens is 952 g/mol. The van der Waals surface area contributed by atoms with Gasteiger partial charge in [-0.1, -0.05) is 66.5 Å². The van der Waals surface area contributed by atoms with Crippen molar-refractivity contribution in [1.29, 1.82) is 0 Å². The van der Waals surface area contributed by atoms with Gasteiger partial charge in [0, 0.05) is 84.3 Å². The Balaban J connectivity index is -0.000000259. The predicted octanol–water partition coefficient (Wildman–Crippen LogP) is 6.28. The molecule has 0 atom stereocenters. The molecule has 4 heteroatoms. The second-order valence-corrected chi connectivity index (χ2v) is 7.44. The van der Waals surface area contributed by atoms with Crippen molar-refractivity contribution >= 4 is 0 Å². The van der Waals surface area contributed by atoms with Crippen molar-refractivity contribution in [3.8, 4) is 0 Å². The summed E-state index contributed by atoms with van der Waals surface area (Å²) in [6.07, 6.45) is 5.30. The molecule has 2 aliphatic rings. The molecule has 0 aliphatic heterocycles. The van der Waals surface area contributed by atoms with Crippen LogP contribution < -0.4 is 0 Å². The maximum Gasteiger partial charge on any atom is 0 e. The molecule has 0 amide bonds. The van der Waals surface area contributed by atoms with Gasteiger partial charge in [0.2, 0.25) is 0 Å². The zero-order chi connectivity index (χ0) is 14.1. The van der Waals surface area contributed by atoms with E-state index in [4.69, 9.17) is 0 Å². The quantitative estimate of drug-likeness (QED) is 0.269. The van der Waals surface area contributed by atoms with E-state index in [1.807, 2.05) is 13.8 Å². The first kappa shape index (κ1) is 32.0. The topological polar surface area (TPSA) is 0 Å². The first-order chi connectivity index (χ1) is 8.21. The van der Waals surface area contributed by atoms with E-state index in [0.717, 1.165) is 0 Å². The SMILES string of the molecule is CC.CC(C)(C)C1=C2CCCC2=C(C(C)(C)C)C1.[W].[W].[W].[W]. The van der Waals surface area contributed by atoms with E-state index >= 15 is 0 Å². The summed E-state index contributed by atoms with van der Waals surface area (Å²) >= 11 is 0. The number of rotatable bonds is 0. The van der Waals surface area contributed by atoms with Gasteiger partial charge in [0.15, 0.2) is 0 Å². The molecule has 0 N–H and O–H groups in total. The predicted molar refractivity (Wildman–Crippen MR) is 82.8 cm³/mol. The Labute approximate surface area is 196 Å². The molecular formula is C18H32W4. The molecule has 2 aliphatic carbocycles. The maximum absolute atomic E-state index is 2.37. The van der Waals surface area contributed by atoms with Crippen molar-refractivity contribution < 1.29 is 84.3 Å². The largest absolute Gasteiger partial charge is 0.0683 e. The van der Waals surface area contributed by atoms with E-state index in [-0.39, 0.29) is 84.3 Å². The van der Waals surface area contributed by atoms with Gasteiger partial charge in [-0.15, -0.1) is 0 Å². The normalized spacial score (nSPS) is 16.4. The monoisotopic (exact) mass is 984 g/mol. The van der Waals surface area contributed by atoms with Crippen LogP contribution in [0.5, 0.6) is 0 Å². The molecule has 0 heterocycles. The summed E-state index contributed by atoms with van der Waals surface area (Å²) in [5.74, 6) is 0. The van der Waals surface area contributed by atoms with Gasteiger partial charge in [0.05, 0.1) is 0 Å². The summed E-state index contributed by atoms with van der Waals surface area (Å²) in [5.41, 5.74) is 7.64. The van der Waals surface area contributed by atoms with E-state index in [0.29, 0.717) is 10.8 Å². The van der Waals surface area contributed by atoms with Crippen LogP contribution in [-0.2, 0) is 84.3 Å². The third-order valence-electron chi connectivity index (χ3n) is 4.11. The Morgan fingerprint density at radius 3 is 1.09 bits per heavy atom. The molecule has 0 aromatic heterocycles. The fourth-order valence-corrected chi connectivity index (χ4v) is 3.24. The molecule has 0 aromatic rings. The van der Waals surface area contributed by atoms with Gasteiger partial charge in [-0.25, -0.2) is 0 Å². The standard InChI is InChI=1S/C16H26.C2H6.4W/c1-15(2,3)13-10-14(16(4,5)6)12-9-7-8-11(12)13;1-2;;;;/h7-10H2,1-6H3;1-2H3;;;;. The second kappa shape index (κ2) is 12.6. The molecule has 0 aromatic carbocycles. The molecule has 0 bridgehead atoms. The summed E-state index contributed by atoms with van der Waals surface area (Å²) < 4.78 is 0. The second-order valence-electron chi connectivity index (χ2n) is 7.44. The summed E-state index contributed by atoms with van der Waals surface area (Å²) in [4.78, 5) is 0. The van der Waals surface area contributed by atoms with Crippen LogP contribution >= 0.6 is 0 Å². The van der Waals surface area contributed by atoms with Gasteiger partial charge in [0.25, 0.3) is 0 Å². The molecule has 2 rings (SSSR count). The molecule has 0 spiro atoms. The van der Waals surface area contributed by atoms with Crippen molar-refractivity contribution in [2.75, 3.05) is 0 Å². The Hall–Kier alpha value is 2.23. The van der Waals surface area contributed by atoms with Crippen LogP contribution in [0.2, 0.25) is 0 Å². The minimum absolute atomic E-state index is 0. The molecule has 1 saturated carbocycles. The number of fused-ring (bicyclic) bond motifs is 1. The zero-order valence-electron chi connectivity index (χ0n) is 15.5. The van der Waals surface area contributed by atoms with E-state index < -0.39 is 0 Å². The van der Waals surface area contributed by atoms with Crippen molar-refractivity contribution in [3.05, 3.63) is 22.3 Å². The van der Waals surface area contributed by atoms with E-state index in [2.05, 4.69) is 41.5 Å². The minimum atomic E-state index is 0. The zero-order valence-corrected chi connectivity index (χ0v) is 27.2. The van der Waals surface area contributed by atoms with Crippen molar-refractivity contribution in [2.45, 2.75) is 81.1 Å². The first-order valence-corrected chi connectivity index (χ1v) is 7.66. The molecule has 0 radical (unpaired) electrons. The van der Waals surface area contributed by atoms with Gasteiger partial charge in [0.1, 0.15) is 0 Å². The van der Waals surface area contributed by atoms with Crippen LogP contribution in [-0.4, -0.2) is 0 Å². The van der Waals surface area contributed by atoms with Crippen LogP contribution in [0.1, 0.15) is 81.1 Å². The molecule has 0 unspecified atom stereocenters. The Morgan fingerprint density at radius 2 is 0.864 bits per heavy atom. The Morgan fingerprint density at radius 1 is 0.591 bits per heavy atom. The average molecular weight is 984 g/mol. The van der Waals surface area contributed by atoms with Gasteiger partial charge < -0.3 is 0 Å². The minimum Gasteiger partial charge on any atom is -0.0683 e. The summed E-state index contributed by atoms with van der Waals surface area (Å²) in [6, 6.07) is 0. The summed E-state index contributed by atoms with van der Waals surface area (Å²) in [7, 11) is 0. The number of allylic oxidation sites excluding steroid dienone is 4. The fourth-order valence-electron chi connectivity index (χ4n) is 3.24. The fraction of sp³-hybridized carbons (Fsp3) is 0.778. The smallest absolute Gasteiger partial charge is 0 e. The van der Waals surface area contributed by atoms with E-state index in [9.17, 15) is 0 Å². The summed E-state index contributed by atoms with van der Waals surface area (Å²) in [5, 5.41) is 0. The van der Waals surface area contributed by atoms with Gasteiger partial charge >= 0.3 is 0 Å². The molecule has 22 heavy (non-hydrogen) atoms. The number of hydrogen-bond donors (Lipinski definition) is 0. The Kier molecular flexibility index (Phi) is 18.2. The number of hydrogen-bond acceptors (Lipinski definition) is 0. The molecule has 1 fully saturated rings. The van der Waals surface area contributed by atoms with Crippen LogP contribution in [0.3, 0.4) is 0 Å². The molecule has 0 nitrogen and oxygen atoms in total. The van der Waals surface area contributed by atoms with Gasteiger partial charge in [-0.05, 0) is 47.7 Å². The Bertz CT molecular complexity index is 343. The van der Waals surface area contributed by atoms with Gasteiger partial charge in [-0.2, -0.15) is 0 Å². The average Bonchev–Trinajstić information content (AvgIpc) is 2.75. The maximum atomic E-state index is 2.37. The van der Waals surface area contributed by atoms with Crippen LogP contribution in [0.15, 0.2) is 22.3 Å². The van der Waals surface area contributed by atoms with Crippen molar-refractivity contribution in [1.82, 2.24) is 0 Å². The van der Waals surface area contributed by atoms with Gasteiger partial charge in [-0.3, -0.25) is 0 Å². The third-order valence-corrected chi connectivity index (χ3v) is 4.11. The van der Waals surface area contributed by atoms with Crippen molar-refractivity contribution in [3.63, 3.8) is 0 Å². The summed E-state index contributed by atoms with van der Waals surface area (Å²) in [6.45, 7) is 18.2. The van der Waals surface area contributed by atoms with Crippen molar-refractivity contribution in [2.24, 2.45) is 10.8 Å². The van der Waals surface area contributed by atoms with E-state index in [1.165, 1.54) is 25.7 Å². The first-order valence-electron chi connectivity index (χ1n) is 7.66. The third kappa shape index (κ3) is 7.64. The van der Waals surface area contributed by atoms with Crippen LogP contribution in [0, 0.1) is 10.8 Å². The van der Waals surface area contributed by atoms with Crippen LogP contribution in [0.4, 0.5) is 0 Å². The van der Waals surface area contributed by atoms with E-state index in [1.54, 1.807) is 22.3 Å².